The van der Waals surface area contributed by atoms with Crippen LogP contribution < -0.4 is 0 Å². The molecule has 5 heteroatoms. The maximum atomic E-state index is 10.0. The molecule has 0 saturated heterocycles. The van der Waals surface area contributed by atoms with E-state index in [4.69, 9.17) is 14.2 Å². The monoisotopic (exact) mass is 277 g/mol. The van der Waals surface area contributed by atoms with Gasteiger partial charge < -0.3 is 19.3 Å². The first-order valence-electron chi connectivity index (χ1n) is 6.99. The van der Waals surface area contributed by atoms with Crippen molar-refractivity contribution in [2.45, 2.75) is 33.0 Å². The molecule has 0 fully saturated rings. The van der Waals surface area contributed by atoms with E-state index in [1.54, 1.807) is 14.2 Å². The normalized spacial score (nSPS) is 15.2. The fraction of sp³-hybridized carbons (Fsp3) is 1.00. The van der Waals surface area contributed by atoms with E-state index in [0.29, 0.717) is 32.3 Å². The van der Waals surface area contributed by atoms with E-state index in [1.165, 1.54) is 0 Å². The Labute approximate surface area is 117 Å². The van der Waals surface area contributed by atoms with Gasteiger partial charge >= 0.3 is 0 Å². The number of aliphatic hydroxyl groups is 1. The number of ether oxygens (including phenoxy) is 3. The molecule has 0 aliphatic carbocycles. The van der Waals surface area contributed by atoms with E-state index in [-0.39, 0.29) is 6.10 Å². The minimum atomic E-state index is -0.477. The molecule has 0 aromatic rings. The van der Waals surface area contributed by atoms with Gasteiger partial charge in [-0.05, 0) is 12.8 Å². The molecule has 116 valence electrons. The molecule has 0 radical (unpaired) electrons. The smallest absolute Gasteiger partial charge is 0.0900 e. The molecule has 0 aromatic heterocycles. The van der Waals surface area contributed by atoms with E-state index in [1.807, 2.05) is 6.92 Å². The Balaban J connectivity index is 3.96. The third-order valence-corrected chi connectivity index (χ3v) is 2.68. The summed E-state index contributed by atoms with van der Waals surface area (Å²) >= 11 is 0. The summed E-state index contributed by atoms with van der Waals surface area (Å²) in [5, 5.41) is 10.0. The molecule has 0 aromatic carbocycles. The van der Waals surface area contributed by atoms with Crippen LogP contribution in [0.1, 0.15) is 20.8 Å². The highest BCUT2D eigenvalue weighted by atomic mass is 16.5. The van der Waals surface area contributed by atoms with Crippen LogP contribution in [-0.4, -0.2) is 75.9 Å². The Hall–Kier alpha value is -0.200. The summed E-state index contributed by atoms with van der Waals surface area (Å²) in [6.45, 7) is 10.2. The van der Waals surface area contributed by atoms with Gasteiger partial charge in [0.25, 0.3) is 0 Å². The highest BCUT2D eigenvalue weighted by Gasteiger charge is 2.14. The zero-order valence-corrected chi connectivity index (χ0v) is 13.1. The Morgan fingerprint density at radius 2 is 1.68 bits per heavy atom. The predicted molar refractivity (Wildman–Crippen MR) is 76.5 cm³/mol. The molecule has 5 nitrogen and oxygen atoms in total. The van der Waals surface area contributed by atoms with Crippen molar-refractivity contribution in [1.29, 1.82) is 0 Å². The summed E-state index contributed by atoms with van der Waals surface area (Å²) in [6, 6.07) is 0. The Morgan fingerprint density at radius 1 is 1.00 bits per heavy atom. The van der Waals surface area contributed by atoms with Crippen molar-refractivity contribution in [3.05, 3.63) is 0 Å². The van der Waals surface area contributed by atoms with Crippen molar-refractivity contribution in [2.24, 2.45) is 5.92 Å². The Morgan fingerprint density at radius 3 is 2.21 bits per heavy atom. The van der Waals surface area contributed by atoms with Gasteiger partial charge in [-0.15, -0.1) is 0 Å². The van der Waals surface area contributed by atoms with Crippen molar-refractivity contribution in [3.63, 3.8) is 0 Å². The highest BCUT2D eigenvalue weighted by Crippen LogP contribution is 2.02. The largest absolute Gasteiger partial charge is 0.389 e. The van der Waals surface area contributed by atoms with Crippen molar-refractivity contribution in [2.75, 3.05) is 53.7 Å². The molecule has 0 spiro atoms. The van der Waals surface area contributed by atoms with Crippen LogP contribution in [0.5, 0.6) is 0 Å². The van der Waals surface area contributed by atoms with Crippen LogP contribution in [0.2, 0.25) is 0 Å². The molecule has 0 aliphatic rings. The Bertz CT molecular complexity index is 202. The lowest BCUT2D eigenvalue weighted by atomic mass is 10.2. The van der Waals surface area contributed by atoms with Crippen LogP contribution in [0.15, 0.2) is 0 Å². The third-order valence-electron chi connectivity index (χ3n) is 2.68. The fourth-order valence-electron chi connectivity index (χ4n) is 1.90. The number of aliphatic hydroxyl groups excluding tert-OH is 1. The van der Waals surface area contributed by atoms with Crippen molar-refractivity contribution < 1.29 is 19.3 Å². The minimum Gasteiger partial charge on any atom is -0.389 e. The number of hydrogen-bond donors (Lipinski definition) is 1. The third kappa shape index (κ3) is 11.3. The molecule has 0 aliphatic heterocycles. The van der Waals surface area contributed by atoms with E-state index >= 15 is 0 Å². The van der Waals surface area contributed by atoms with Gasteiger partial charge in [0, 0.05) is 33.9 Å². The zero-order valence-electron chi connectivity index (χ0n) is 13.1. The average molecular weight is 277 g/mol. The summed E-state index contributed by atoms with van der Waals surface area (Å²) in [4.78, 5) is 2.21. The highest BCUT2D eigenvalue weighted by molar-refractivity contribution is 4.66. The maximum Gasteiger partial charge on any atom is 0.0900 e. The van der Waals surface area contributed by atoms with Crippen LogP contribution in [0.25, 0.3) is 0 Å². The van der Waals surface area contributed by atoms with Gasteiger partial charge in [-0.1, -0.05) is 13.8 Å². The van der Waals surface area contributed by atoms with Crippen LogP contribution in [-0.2, 0) is 14.2 Å². The molecule has 0 saturated carbocycles. The van der Waals surface area contributed by atoms with Gasteiger partial charge in [0.15, 0.2) is 0 Å². The number of rotatable bonds is 12. The molecular weight excluding hydrogens is 246 g/mol. The summed E-state index contributed by atoms with van der Waals surface area (Å²) < 4.78 is 15.6. The van der Waals surface area contributed by atoms with E-state index in [0.717, 1.165) is 13.1 Å². The average Bonchev–Trinajstić information content (AvgIpc) is 2.33. The zero-order chi connectivity index (χ0) is 14.7. The second-order valence-corrected chi connectivity index (χ2v) is 5.40. The second kappa shape index (κ2) is 11.6. The van der Waals surface area contributed by atoms with Gasteiger partial charge in [0.2, 0.25) is 0 Å². The minimum absolute atomic E-state index is 0.0113. The summed E-state index contributed by atoms with van der Waals surface area (Å²) in [5.41, 5.74) is 0. The van der Waals surface area contributed by atoms with E-state index in [2.05, 4.69) is 18.7 Å². The first-order chi connectivity index (χ1) is 8.99. The van der Waals surface area contributed by atoms with Crippen molar-refractivity contribution in [3.8, 4) is 0 Å². The van der Waals surface area contributed by atoms with Crippen molar-refractivity contribution in [1.82, 2.24) is 4.90 Å². The van der Waals surface area contributed by atoms with Crippen molar-refractivity contribution >= 4 is 0 Å². The number of hydrogen-bond acceptors (Lipinski definition) is 5. The number of methoxy groups -OCH3 is 2. The second-order valence-electron chi connectivity index (χ2n) is 5.40. The lowest BCUT2D eigenvalue weighted by molar-refractivity contribution is -0.0415. The molecular formula is C14H31NO4. The van der Waals surface area contributed by atoms with Crippen LogP contribution in [0, 0.1) is 5.92 Å². The molecule has 2 atom stereocenters. The Kier molecular flexibility index (Phi) is 11.5. The first-order valence-corrected chi connectivity index (χ1v) is 6.99. The molecule has 19 heavy (non-hydrogen) atoms. The van der Waals surface area contributed by atoms with Gasteiger partial charge in [-0.25, -0.2) is 0 Å². The number of nitrogens with zero attached hydrogens (tertiary/aromatic N) is 1. The fourth-order valence-corrected chi connectivity index (χ4v) is 1.90. The lowest BCUT2D eigenvalue weighted by Gasteiger charge is -2.26. The van der Waals surface area contributed by atoms with Gasteiger partial charge in [-0.3, -0.25) is 4.90 Å². The molecule has 0 amide bonds. The summed E-state index contributed by atoms with van der Waals surface area (Å²) in [7, 11) is 3.34. The molecule has 0 bridgehead atoms. The van der Waals surface area contributed by atoms with Gasteiger partial charge in [0.05, 0.1) is 32.0 Å². The maximum absolute atomic E-state index is 10.0. The molecule has 2 unspecified atom stereocenters. The van der Waals surface area contributed by atoms with E-state index < -0.39 is 6.10 Å². The first kappa shape index (κ1) is 18.8. The van der Waals surface area contributed by atoms with Crippen LogP contribution in [0.4, 0.5) is 0 Å². The summed E-state index contributed by atoms with van der Waals surface area (Å²) in [5.74, 6) is 0.567. The quantitative estimate of drug-likeness (QED) is 0.577. The topological polar surface area (TPSA) is 51.2 Å². The van der Waals surface area contributed by atoms with Gasteiger partial charge in [0.1, 0.15) is 0 Å². The van der Waals surface area contributed by atoms with Crippen LogP contribution in [0.3, 0.4) is 0 Å². The SMILES string of the molecule is COCCN(CC(C)C)CC(O)COC(C)COC. The summed E-state index contributed by atoms with van der Waals surface area (Å²) in [6.07, 6.45) is -0.466. The standard InChI is InChI=1S/C14H31NO4/c1-12(2)8-15(6-7-17-4)9-14(16)11-19-13(3)10-18-5/h12-14,16H,6-11H2,1-5H3. The lowest BCUT2D eigenvalue weighted by Crippen LogP contribution is -2.39. The van der Waals surface area contributed by atoms with Gasteiger partial charge in [-0.2, -0.15) is 0 Å². The molecule has 1 N–H and O–H groups in total. The van der Waals surface area contributed by atoms with Crippen LogP contribution >= 0.6 is 0 Å². The molecule has 0 heterocycles. The molecule has 0 rings (SSSR count). The van der Waals surface area contributed by atoms with E-state index in [9.17, 15) is 5.11 Å². The predicted octanol–water partition coefficient (Wildman–Crippen LogP) is 1.00.